The highest BCUT2D eigenvalue weighted by Crippen LogP contribution is 2.12. The molecular formula is C8H14N4O. The Balaban J connectivity index is 2.82. The van der Waals surface area contributed by atoms with Crippen LogP contribution in [-0.2, 0) is 11.8 Å². The summed E-state index contributed by atoms with van der Waals surface area (Å²) in [4.78, 5) is 14.7. The van der Waals surface area contributed by atoms with Crippen LogP contribution in [0.5, 0.6) is 0 Å². The number of hydrogen-bond acceptors (Lipinski definition) is 3. The molecule has 1 amide bonds. The van der Waals surface area contributed by atoms with Crippen LogP contribution in [0, 0.1) is 6.92 Å². The predicted molar refractivity (Wildman–Crippen MR) is 48.7 cm³/mol. The van der Waals surface area contributed by atoms with E-state index >= 15 is 0 Å². The number of nitrogens with zero attached hydrogens (tertiary/aromatic N) is 2. The lowest BCUT2D eigenvalue weighted by molar-refractivity contribution is -0.118. The van der Waals surface area contributed by atoms with Gasteiger partial charge < -0.3 is 16.0 Å². The highest BCUT2D eigenvalue weighted by Gasteiger charge is 2.14. The number of aryl methyl sites for hydroxylation is 1. The van der Waals surface area contributed by atoms with E-state index in [1.165, 1.54) is 0 Å². The van der Waals surface area contributed by atoms with Crippen molar-refractivity contribution in [2.45, 2.75) is 19.4 Å². The van der Waals surface area contributed by atoms with Crippen molar-refractivity contribution >= 4 is 5.91 Å². The second kappa shape index (κ2) is 3.57. The molecule has 0 unspecified atom stereocenters. The molecule has 5 heteroatoms. The van der Waals surface area contributed by atoms with Gasteiger partial charge in [-0.2, -0.15) is 0 Å². The van der Waals surface area contributed by atoms with Gasteiger partial charge in [0.2, 0.25) is 5.91 Å². The molecule has 0 radical (unpaired) electrons. The maximum absolute atomic E-state index is 10.6. The number of imidazole rings is 1. The summed E-state index contributed by atoms with van der Waals surface area (Å²) in [5.41, 5.74) is 11.8. The average Bonchev–Trinajstić information content (AvgIpc) is 2.31. The topological polar surface area (TPSA) is 86.9 Å². The van der Waals surface area contributed by atoms with Gasteiger partial charge in [-0.15, -0.1) is 0 Å². The molecule has 0 aromatic carbocycles. The van der Waals surface area contributed by atoms with Crippen molar-refractivity contribution < 1.29 is 4.79 Å². The molecule has 1 heterocycles. The zero-order valence-corrected chi connectivity index (χ0v) is 7.82. The molecule has 0 saturated carbocycles. The average molecular weight is 182 g/mol. The van der Waals surface area contributed by atoms with Crippen LogP contribution in [-0.4, -0.2) is 15.5 Å². The Kier molecular flexibility index (Phi) is 2.67. The van der Waals surface area contributed by atoms with Gasteiger partial charge in [-0.25, -0.2) is 4.98 Å². The van der Waals surface area contributed by atoms with Gasteiger partial charge in [-0.05, 0) is 6.92 Å². The summed E-state index contributed by atoms with van der Waals surface area (Å²) in [6.45, 7) is 1.92. The van der Waals surface area contributed by atoms with Crippen LogP contribution in [0.3, 0.4) is 0 Å². The number of amides is 1. The summed E-state index contributed by atoms with van der Waals surface area (Å²) < 4.78 is 1.85. The van der Waals surface area contributed by atoms with Gasteiger partial charge in [0.05, 0.1) is 6.04 Å². The Bertz CT molecular complexity index is 318. The van der Waals surface area contributed by atoms with Crippen molar-refractivity contribution in [3.63, 3.8) is 0 Å². The zero-order valence-electron chi connectivity index (χ0n) is 7.82. The molecule has 1 rings (SSSR count). The van der Waals surface area contributed by atoms with E-state index in [0.717, 1.165) is 5.69 Å². The van der Waals surface area contributed by atoms with E-state index in [4.69, 9.17) is 11.5 Å². The number of hydrogen-bond donors (Lipinski definition) is 2. The number of primary amides is 1. The van der Waals surface area contributed by atoms with E-state index in [9.17, 15) is 4.79 Å². The summed E-state index contributed by atoms with van der Waals surface area (Å²) in [5.74, 6) is 0.282. The SMILES string of the molecule is Cc1cnc([C@@H](N)CC(N)=O)n1C. The molecule has 1 aromatic rings. The smallest absolute Gasteiger partial charge is 0.219 e. The van der Waals surface area contributed by atoms with E-state index in [1.54, 1.807) is 6.20 Å². The summed E-state index contributed by atoms with van der Waals surface area (Å²) in [6.07, 6.45) is 1.85. The van der Waals surface area contributed by atoms with Crippen molar-refractivity contribution in [3.05, 3.63) is 17.7 Å². The fourth-order valence-corrected chi connectivity index (χ4v) is 1.17. The minimum absolute atomic E-state index is 0.129. The van der Waals surface area contributed by atoms with E-state index in [0.29, 0.717) is 5.82 Å². The first kappa shape index (κ1) is 9.73. The molecule has 0 bridgehead atoms. The van der Waals surface area contributed by atoms with E-state index in [1.807, 2.05) is 18.5 Å². The summed E-state index contributed by atoms with van der Waals surface area (Å²) in [6, 6.07) is -0.406. The lowest BCUT2D eigenvalue weighted by atomic mass is 10.2. The third-order valence-corrected chi connectivity index (χ3v) is 2.01. The standard InChI is InChI=1S/C8H14N4O/c1-5-4-11-8(12(5)2)6(9)3-7(10)13/h4,6H,3,9H2,1-2H3,(H2,10,13)/t6-/m0/s1. The number of carbonyl (C=O) groups excluding carboxylic acids is 1. The molecule has 0 aliphatic rings. The fraction of sp³-hybridized carbons (Fsp3) is 0.500. The minimum Gasteiger partial charge on any atom is -0.370 e. The van der Waals surface area contributed by atoms with Crippen LogP contribution >= 0.6 is 0 Å². The Morgan fingerprint density at radius 2 is 2.38 bits per heavy atom. The van der Waals surface area contributed by atoms with E-state index < -0.39 is 11.9 Å². The first-order chi connectivity index (χ1) is 6.02. The quantitative estimate of drug-likeness (QED) is 0.667. The Morgan fingerprint density at radius 3 is 2.77 bits per heavy atom. The second-order valence-electron chi connectivity index (χ2n) is 3.09. The molecule has 0 fully saturated rings. The summed E-state index contributed by atoms with van der Waals surface area (Å²) in [7, 11) is 1.86. The molecule has 13 heavy (non-hydrogen) atoms. The predicted octanol–water partition coefficient (Wildman–Crippen LogP) is -0.396. The maximum atomic E-state index is 10.6. The summed E-state index contributed by atoms with van der Waals surface area (Å²) >= 11 is 0. The summed E-state index contributed by atoms with van der Waals surface area (Å²) in [5, 5.41) is 0. The second-order valence-corrected chi connectivity index (χ2v) is 3.09. The number of rotatable bonds is 3. The molecule has 0 saturated heterocycles. The molecule has 0 spiro atoms. The molecule has 72 valence electrons. The first-order valence-corrected chi connectivity index (χ1v) is 4.04. The third kappa shape index (κ3) is 2.06. The Labute approximate surface area is 76.7 Å². The highest BCUT2D eigenvalue weighted by atomic mass is 16.1. The lowest BCUT2D eigenvalue weighted by Gasteiger charge is -2.09. The van der Waals surface area contributed by atoms with Crippen molar-refractivity contribution in [1.29, 1.82) is 0 Å². The van der Waals surface area contributed by atoms with Crippen LogP contribution in [0.15, 0.2) is 6.20 Å². The van der Waals surface area contributed by atoms with Crippen molar-refractivity contribution in [2.75, 3.05) is 0 Å². The first-order valence-electron chi connectivity index (χ1n) is 4.04. The number of nitrogens with two attached hydrogens (primary N) is 2. The van der Waals surface area contributed by atoms with Gasteiger partial charge in [0.25, 0.3) is 0 Å². The Hall–Kier alpha value is -1.36. The normalized spacial score (nSPS) is 12.8. The lowest BCUT2D eigenvalue weighted by Crippen LogP contribution is -2.23. The minimum atomic E-state index is -0.409. The maximum Gasteiger partial charge on any atom is 0.219 e. The molecule has 4 N–H and O–H groups in total. The van der Waals surface area contributed by atoms with Crippen LogP contribution < -0.4 is 11.5 Å². The van der Waals surface area contributed by atoms with E-state index in [-0.39, 0.29) is 6.42 Å². The van der Waals surface area contributed by atoms with Crippen molar-refractivity contribution in [1.82, 2.24) is 9.55 Å². The van der Waals surface area contributed by atoms with Gasteiger partial charge in [0, 0.05) is 25.4 Å². The van der Waals surface area contributed by atoms with Gasteiger partial charge in [-0.1, -0.05) is 0 Å². The van der Waals surface area contributed by atoms with Gasteiger partial charge in [0.15, 0.2) is 0 Å². The number of carbonyl (C=O) groups is 1. The molecule has 0 aliphatic carbocycles. The molecule has 0 aliphatic heterocycles. The van der Waals surface area contributed by atoms with Crippen LogP contribution in [0.2, 0.25) is 0 Å². The van der Waals surface area contributed by atoms with Gasteiger partial charge in [-0.3, -0.25) is 4.79 Å². The van der Waals surface area contributed by atoms with Gasteiger partial charge >= 0.3 is 0 Å². The molecule has 1 atom stereocenters. The van der Waals surface area contributed by atoms with Crippen LogP contribution in [0.25, 0.3) is 0 Å². The third-order valence-electron chi connectivity index (χ3n) is 2.01. The van der Waals surface area contributed by atoms with Crippen LogP contribution in [0.4, 0.5) is 0 Å². The Morgan fingerprint density at radius 1 is 1.77 bits per heavy atom. The largest absolute Gasteiger partial charge is 0.370 e. The highest BCUT2D eigenvalue weighted by molar-refractivity contribution is 5.74. The fourth-order valence-electron chi connectivity index (χ4n) is 1.17. The van der Waals surface area contributed by atoms with Crippen molar-refractivity contribution in [3.8, 4) is 0 Å². The monoisotopic (exact) mass is 182 g/mol. The van der Waals surface area contributed by atoms with Gasteiger partial charge in [0.1, 0.15) is 5.82 Å². The molecule has 5 nitrogen and oxygen atoms in total. The van der Waals surface area contributed by atoms with Crippen LogP contribution in [0.1, 0.15) is 24.0 Å². The zero-order chi connectivity index (χ0) is 10.0. The molecule has 1 aromatic heterocycles. The van der Waals surface area contributed by atoms with E-state index in [2.05, 4.69) is 4.98 Å². The van der Waals surface area contributed by atoms with Crippen molar-refractivity contribution in [2.24, 2.45) is 18.5 Å². The molecular weight excluding hydrogens is 168 g/mol. The number of aromatic nitrogens is 2.